The highest BCUT2D eigenvalue weighted by molar-refractivity contribution is 9.10. The fourth-order valence-electron chi connectivity index (χ4n) is 2.00. The zero-order chi connectivity index (χ0) is 15.9. The molecule has 0 aliphatic carbocycles. The van der Waals surface area contributed by atoms with Gasteiger partial charge in [0.25, 0.3) is 5.91 Å². The summed E-state index contributed by atoms with van der Waals surface area (Å²) in [6, 6.07) is 7.82. The van der Waals surface area contributed by atoms with E-state index < -0.39 is 0 Å². The van der Waals surface area contributed by atoms with Crippen LogP contribution in [0.3, 0.4) is 0 Å². The van der Waals surface area contributed by atoms with Crippen molar-refractivity contribution in [3.05, 3.63) is 52.3 Å². The second-order valence-electron chi connectivity index (χ2n) is 5.16. The number of benzene rings is 1. The lowest BCUT2D eigenvalue weighted by Gasteiger charge is -2.09. The highest BCUT2D eigenvalue weighted by Gasteiger charge is 2.06. The number of unbranched alkanes of at least 4 members (excludes halogenated alkanes) is 1. The standard InChI is InChI=1S/C17H20BrN3O/c1-3-4-7-20-17(22)13-9-15(11-19-10-13)21-14-5-6-16(18)12(2)8-14/h5-6,8-11,21H,3-4,7H2,1-2H3,(H,20,22). The highest BCUT2D eigenvalue weighted by atomic mass is 79.9. The molecular formula is C17H20BrN3O. The third-order valence-electron chi connectivity index (χ3n) is 3.26. The van der Waals surface area contributed by atoms with Crippen LogP contribution in [0.4, 0.5) is 11.4 Å². The molecule has 0 spiro atoms. The van der Waals surface area contributed by atoms with Gasteiger partial charge >= 0.3 is 0 Å². The van der Waals surface area contributed by atoms with E-state index in [1.165, 1.54) is 0 Å². The minimum absolute atomic E-state index is 0.0865. The van der Waals surface area contributed by atoms with Gasteiger partial charge in [-0.3, -0.25) is 9.78 Å². The molecule has 1 amide bonds. The van der Waals surface area contributed by atoms with Gasteiger partial charge in [0.1, 0.15) is 0 Å². The third kappa shape index (κ3) is 4.56. The van der Waals surface area contributed by atoms with E-state index in [0.29, 0.717) is 12.1 Å². The largest absolute Gasteiger partial charge is 0.354 e. The number of nitrogens with one attached hydrogen (secondary N) is 2. The number of aromatic nitrogens is 1. The molecule has 0 unspecified atom stereocenters. The van der Waals surface area contributed by atoms with Crippen LogP contribution >= 0.6 is 15.9 Å². The molecule has 2 rings (SSSR count). The van der Waals surface area contributed by atoms with Gasteiger partial charge in [-0.15, -0.1) is 0 Å². The normalized spacial score (nSPS) is 10.3. The monoisotopic (exact) mass is 361 g/mol. The lowest BCUT2D eigenvalue weighted by molar-refractivity contribution is 0.0953. The molecular weight excluding hydrogens is 342 g/mol. The molecule has 0 aliphatic rings. The van der Waals surface area contributed by atoms with E-state index in [1.807, 2.05) is 31.2 Å². The molecule has 0 fully saturated rings. The van der Waals surface area contributed by atoms with Crippen molar-refractivity contribution in [3.63, 3.8) is 0 Å². The quantitative estimate of drug-likeness (QED) is 0.748. The van der Waals surface area contributed by atoms with Crippen molar-refractivity contribution < 1.29 is 4.79 Å². The zero-order valence-corrected chi connectivity index (χ0v) is 14.4. The second-order valence-corrected chi connectivity index (χ2v) is 6.02. The van der Waals surface area contributed by atoms with Crippen molar-refractivity contribution in [3.8, 4) is 0 Å². The molecule has 5 heteroatoms. The van der Waals surface area contributed by atoms with Gasteiger partial charge in [-0.05, 0) is 43.2 Å². The number of carbonyl (C=O) groups excluding carboxylic acids is 1. The molecule has 116 valence electrons. The summed E-state index contributed by atoms with van der Waals surface area (Å²) in [6.07, 6.45) is 5.33. The van der Waals surface area contributed by atoms with Crippen LogP contribution in [0, 0.1) is 6.92 Å². The molecule has 1 aromatic heterocycles. The van der Waals surface area contributed by atoms with E-state index in [9.17, 15) is 4.79 Å². The van der Waals surface area contributed by atoms with E-state index in [0.717, 1.165) is 34.3 Å². The van der Waals surface area contributed by atoms with Gasteiger partial charge in [0.05, 0.1) is 17.4 Å². The summed E-state index contributed by atoms with van der Waals surface area (Å²) in [5.74, 6) is -0.0865. The van der Waals surface area contributed by atoms with Crippen molar-refractivity contribution in [2.75, 3.05) is 11.9 Å². The van der Waals surface area contributed by atoms with Gasteiger partial charge in [-0.25, -0.2) is 0 Å². The minimum atomic E-state index is -0.0865. The van der Waals surface area contributed by atoms with Crippen molar-refractivity contribution in [1.29, 1.82) is 0 Å². The molecule has 2 aromatic rings. The zero-order valence-electron chi connectivity index (χ0n) is 12.8. The smallest absolute Gasteiger partial charge is 0.252 e. The summed E-state index contributed by atoms with van der Waals surface area (Å²) >= 11 is 3.48. The molecule has 22 heavy (non-hydrogen) atoms. The maximum Gasteiger partial charge on any atom is 0.252 e. The van der Waals surface area contributed by atoms with E-state index in [4.69, 9.17) is 0 Å². The van der Waals surface area contributed by atoms with Gasteiger partial charge in [0, 0.05) is 22.9 Å². The summed E-state index contributed by atoms with van der Waals surface area (Å²) in [6.45, 7) is 4.82. The van der Waals surface area contributed by atoms with Gasteiger partial charge < -0.3 is 10.6 Å². The van der Waals surface area contributed by atoms with E-state index >= 15 is 0 Å². The number of hydrogen-bond acceptors (Lipinski definition) is 3. The van der Waals surface area contributed by atoms with E-state index in [1.54, 1.807) is 12.4 Å². The Hall–Kier alpha value is -1.88. The Morgan fingerprint density at radius 2 is 2.05 bits per heavy atom. The minimum Gasteiger partial charge on any atom is -0.354 e. The number of carbonyl (C=O) groups is 1. The molecule has 1 aromatic carbocycles. The molecule has 2 N–H and O–H groups in total. The number of nitrogens with zero attached hydrogens (tertiary/aromatic N) is 1. The van der Waals surface area contributed by atoms with Crippen LogP contribution in [-0.2, 0) is 0 Å². The number of rotatable bonds is 6. The first-order chi connectivity index (χ1) is 10.6. The van der Waals surface area contributed by atoms with Crippen LogP contribution < -0.4 is 10.6 Å². The van der Waals surface area contributed by atoms with Crippen LogP contribution in [0.2, 0.25) is 0 Å². The number of aryl methyl sites for hydroxylation is 1. The van der Waals surface area contributed by atoms with E-state index in [2.05, 4.69) is 38.5 Å². The summed E-state index contributed by atoms with van der Waals surface area (Å²) in [5, 5.41) is 6.17. The average Bonchev–Trinajstić information content (AvgIpc) is 2.51. The van der Waals surface area contributed by atoms with Crippen LogP contribution in [0.1, 0.15) is 35.7 Å². The lowest BCUT2D eigenvalue weighted by Crippen LogP contribution is -2.24. The fraction of sp³-hybridized carbons (Fsp3) is 0.294. The molecule has 0 aliphatic heterocycles. The molecule has 0 bridgehead atoms. The fourth-order valence-corrected chi connectivity index (χ4v) is 2.25. The second kappa shape index (κ2) is 7.94. The first kappa shape index (κ1) is 16.5. The lowest BCUT2D eigenvalue weighted by atomic mass is 10.2. The molecule has 1 heterocycles. The predicted molar refractivity (Wildman–Crippen MR) is 93.6 cm³/mol. The van der Waals surface area contributed by atoms with Gasteiger partial charge in [-0.2, -0.15) is 0 Å². The van der Waals surface area contributed by atoms with Gasteiger partial charge in [-0.1, -0.05) is 29.3 Å². The highest BCUT2D eigenvalue weighted by Crippen LogP contribution is 2.23. The van der Waals surface area contributed by atoms with Crippen molar-refractivity contribution in [2.24, 2.45) is 0 Å². The number of amides is 1. The summed E-state index contributed by atoms with van der Waals surface area (Å²) in [5.41, 5.74) is 3.47. The van der Waals surface area contributed by atoms with Gasteiger partial charge in [0.2, 0.25) is 0 Å². The number of hydrogen-bond donors (Lipinski definition) is 2. The van der Waals surface area contributed by atoms with E-state index in [-0.39, 0.29) is 5.91 Å². The van der Waals surface area contributed by atoms with Crippen LogP contribution in [0.5, 0.6) is 0 Å². The molecule has 0 atom stereocenters. The topological polar surface area (TPSA) is 54.0 Å². The predicted octanol–water partition coefficient (Wildman–Crippen LogP) is 4.43. The number of anilines is 2. The average molecular weight is 362 g/mol. The summed E-state index contributed by atoms with van der Waals surface area (Å²) in [4.78, 5) is 16.2. The van der Waals surface area contributed by atoms with Gasteiger partial charge in [0.15, 0.2) is 0 Å². The first-order valence-electron chi connectivity index (χ1n) is 7.36. The number of halogens is 1. The van der Waals surface area contributed by atoms with Crippen LogP contribution in [-0.4, -0.2) is 17.4 Å². The van der Waals surface area contributed by atoms with Crippen molar-refractivity contribution in [2.45, 2.75) is 26.7 Å². The van der Waals surface area contributed by atoms with Crippen molar-refractivity contribution >= 4 is 33.2 Å². The van der Waals surface area contributed by atoms with Crippen LogP contribution in [0.15, 0.2) is 41.1 Å². The summed E-state index contributed by atoms with van der Waals surface area (Å²) in [7, 11) is 0. The maximum atomic E-state index is 12.0. The Bertz CT molecular complexity index is 658. The Morgan fingerprint density at radius 3 is 2.77 bits per heavy atom. The Balaban J connectivity index is 2.07. The van der Waals surface area contributed by atoms with Crippen molar-refractivity contribution in [1.82, 2.24) is 10.3 Å². The SMILES string of the molecule is CCCCNC(=O)c1cncc(Nc2ccc(Br)c(C)c2)c1. The first-order valence-corrected chi connectivity index (χ1v) is 8.16. The maximum absolute atomic E-state index is 12.0. The number of pyridine rings is 1. The summed E-state index contributed by atoms with van der Waals surface area (Å²) < 4.78 is 1.07. The molecule has 0 saturated heterocycles. The molecule has 0 radical (unpaired) electrons. The Morgan fingerprint density at radius 1 is 1.23 bits per heavy atom. The Kier molecular flexibility index (Phi) is 5.95. The molecule has 4 nitrogen and oxygen atoms in total. The third-order valence-corrected chi connectivity index (χ3v) is 4.15. The van der Waals surface area contributed by atoms with Crippen LogP contribution in [0.25, 0.3) is 0 Å². The molecule has 0 saturated carbocycles. The Labute approximate surface area is 139 Å².